The van der Waals surface area contributed by atoms with Gasteiger partial charge in [-0.25, -0.2) is 4.57 Å². The molecule has 0 aliphatic heterocycles. The van der Waals surface area contributed by atoms with E-state index in [1.165, 1.54) is 0 Å². The SMILES string of the molecule is C[n+]1ccc(-c2cc[nH]c(=O)c2)cc1.[I-]. The molecule has 0 spiro atoms. The highest BCUT2D eigenvalue weighted by Crippen LogP contribution is 2.14. The summed E-state index contributed by atoms with van der Waals surface area (Å²) in [5.41, 5.74) is 1.92. The van der Waals surface area contributed by atoms with Crippen molar-refractivity contribution in [3.8, 4) is 11.1 Å². The van der Waals surface area contributed by atoms with Gasteiger partial charge >= 0.3 is 0 Å². The lowest BCUT2D eigenvalue weighted by Crippen LogP contribution is -3.00. The van der Waals surface area contributed by atoms with E-state index in [-0.39, 0.29) is 29.5 Å². The summed E-state index contributed by atoms with van der Waals surface area (Å²) in [6, 6.07) is 7.44. The first-order chi connectivity index (χ1) is 6.75. The molecule has 0 radical (unpaired) electrons. The standard InChI is InChI=1S/C11H10N2O.HI/c1-13-6-3-9(4-7-13)10-2-5-12-11(14)8-10;/h2-8H,1H3;1H. The first-order valence-electron chi connectivity index (χ1n) is 4.40. The average Bonchev–Trinajstić information content (AvgIpc) is 2.19. The second kappa shape index (κ2) is 5.06. The minimum atomic E-state index is -0.0734. The Morgan fingerprint density at radius 1 is 1.13 bits per heavy atom. The Hall–Kier alpha value is -1.17. The van der Waals surface area contributed by atoms with Crippen LogP contribution in [0.5, 0.6) is 0 Å². The van der Waals surface area contributed by atoms with E-state index >= 15 is 0 Å². The van der Waals surface area contributed by atoms with E-state index in [0.717, 1.165) is 11.1 Å². The molecule has 0 aliphatic carbocycles. The number of rotatable bonds is 1. The first kappa shape index (κ1) is 11.9. The number of halogens is 1. The average molecular weight is 314 g/mol. The van der Waals surface area contributed by atoms with Crippen LogP contribution >= 0.6 is 0 Å². The summed E-state index contributed by atoms with van der Waals surface area (Å²) in [5, 5.41) is 0. The third-order valence-electron chi connectivity index (χ3n) is 2.09. The summed E-state index contributed by atoms with van der Waals surface area (Å²) in [6.45, 7) is 0. The zero-order valence-corrected chi connectivity index (χ0v) is 10.4. The number of aromatic nitrogens is 2. The number of aryl methyl sites for hydroxylation is 1. The van der Waals surface area contributed by atoms with Crippen LogP contribution in [0.25, 0.3) is 11.1 Å². The van der Waals surface area contributed by atoms with Gasteiger partial charge < -0.3 is 29.0 Å². The highest BCUT2D eigenvalue weighted by molar-refractivity contribution is 5.61. The van der Waals surface area contributed by atoms with Crippen LogP contribution in [0.2, 0.25) is 0 Å². The minimum absolute atomic E-state index is 0. The molecule has 0 saturated heterocycles. The molecule has 78 valence electrons. The Labute approximate surface area is 105 Å². The van der Waals surface area contributed by atoms with Gasteiger partial charge in [-0.05, 0) is 17.2 Å². The second-order valence-electron chi connectivity index (χ2n) is 3.19. The number of hydrogen-bond acceptors (Lipinski definition) is 1. The highest BCUT2D eigenvalue weighted by Gasteiger charge is 1.99. The van der Waals surface area contributed by atoms with E-state index in [9.17, 15) is 4.79 Å². The van der Waals surface area contributed by atoms with Crippen molar-refractivity contribution in [1.82, 2.24) is 4.98 Å². The van der Waals surface area contributed by atoms with Gasteiger partial charge in [0.25, 0.3) is 0 Å². The molecule has 0 saturated carbocycles. The normalized spacial score (nSPS) is 9.40. The number of nitrogens with one attached hydrogen (secondary N) is 1. The molecule has 2 heterocycles. The number of nitrogens with zero attached hydrogens (tertiary/aromatic N) is 1. The Morgan fingerprint density at radius 2 is 1.80 bits per heavy atom. The Bertz CT molecular complexity index is 490. The van der Waals surface area contributed by atoms with E-state index in [0.29, 0.717) is 0 Å². The van der Waals surface area contributed by atoms with Crippen molar-refractivity contribution in [2.24, 2.45) is 7.05 Å². The first-order valence-corrected chi connectivity index (χ1v) is 4.40. The fourth-order valence-electron chi connectivity index (χ4n) is 1.32. The van der Waals surface area contributed by atoms with Crippen LogP contribution in [-0.4, -0.2) is 4.98 Å². The molecular weight excluding hydrogens is 303 g/mol. The fourth-order valence-corrected chi connectivity index (χ4v) is 1.32. The molecule has 0 amide bonds. The molecule has 0 bridgehead atoms. The maximum atomic E-state index is 11.1. The van der Waals surface area contributed by atoms with Gasteiger partial charge in [-0.1, -0.05) is 0 Å². The molecule has 3 nitrogen and oxygen atoms in total. The monoisotopic (exact) mass is 314 g/mol. The Morgan fingerprint density at radius 3 is 2.40 bits per heavy atom. The summed E-state index contributed by atoms with van der Waals surface area (Å²) in [7, 11) is 1.96. The summed E-state index contributed by atoms with van der Waals surface area (Å²) in [5.74, 6) is 0. The van der Waals surface area contributed by atoms with Crippen molar-refractivity contribution in [3.05, 3.63) is 53.2 Å². The van der Waals surface area contributed by atoms with Crippen molar-refractivity contribution >= 4 is 0 Å². The molecule has 1 N–H and O–H groups in total. The zero-order chi connectivity index (χ0) is 9.97. The van der Waals surface area contributed by atoms with Gasteiger partial charge in [0.05, 0.1) is 0 Å². The summed E-state index contributed by atoms with van der Waals surface area (Å²) in [4.78, 5) is 13.7. The Kier molecular flexibility index (Phi) is 4.02. The van der Waals surface area contributed by atoms with Crippen molar-refractivity contribution in [1.29, 1.82) is 0 Å². The van der Waals surface area contributed by atoms with E-state index in [4.69, 9.17) is 0 Å². The molecule has 2 aromatic heterocycles. The summed E-state index contributed by atoms with van der Waals surface area (Å²) < 4.78 is 1.96. The number of aromatic amines is 1. The lowest BCUT2D eigenvalue weighted by molar-refractivity contribution is -0.671. The van der Waals surface area contributed by atoms with Crippen molar-refractivity contribution < 1.29 is 28.5 Å². The van der Waals surface area contributed by atoms with Crippen LogP contribution in [0.1, 0.15) is 0 Å². The molecule has 15 heavy (non-hydrogen) atoms. The predicted molar refractivity (Wildman–Crippen MR) is 53.7 cm³/mol. The number of hydrogen-bond donors (Lipinski definition) is 1. The number of H-pyrrole nitrogens is 1. The third kappa shape index (κ3) is 2.89. The molecular formula is C11H11IN2O. The predicted octanol–water partition coefficient (Wildman–Crippen LogP) is -2.13. The molecule has 0 unspecified atom stereocenters. The number of pyridine rings is 2. The van der Waals surface area contributed by atoms with E-state index in [2.05, 4.69) is 4.98 Å². The largest absolute Gasteiger partial charge is 1.00 e. The van der Waals surface area contributed by atoms with Gasteiger partial charge in [-0.3, -0.25) is 4.79 Å². The lowest BCUT2D eigenvalue weighted by atomic mass is 10.1. The topological polar surface area (TPSA) is 36.7 Å². The lowest BCUT2D eigenvalue weighted by Gasteiger charge is -1.97. The maximum absolute atomic E-state index is 11.1. The van der Waals surface area contributed by atoms with Gasteiger partial charge in [-0.2, -0.15) is 0 Å². The molecule has 4 heteroatoms. The van der Waals surface area contributed by atoms with Crippen LogP contribution in [0.4, 0.5) is 0 Å². The smallest absolute Gasteiger partial charge is 0.248 e. The van der Waals surface area contributed by atoms with Crippen LogP contribution in [0, 0.1) is 0 Å². The van der Waals surface area contributed by atoms with Gasteiger partial charge in [0.15, 0.2) is 12.4 Å². The summed E-state index contributed by atoms with van der Waals surface area (Å²) in [6.07, 6.45) is 5.57. The fraction of sp³-hybridized carbons (Fsp3) is 0.0909. The van der Waals surface area contributed by atoms with Crippen molar-refractivity contribution in [2.45, 2.75) is 0 Å². The van der Waals surface area contributed by atoms with Gasteiger partial charge in [-0.15, -0.1) is 0 Å². The maximum Gasteiger partial charge on any atom is 0.248 e. The summed E-state index contributed by atoms with van der Waals surface area (Å²) >= 11 is 0. The van der Waals surface area contributed by atoms with Crippen LogP contribution < -0.4 is 34.1 Å². The molecule has 2 aromatic rings. The molecule has 2 rings (SSSR count). The van der Waals surface area contributed by atoms with Crippen LogP contribution in [0.3, 0.4) is 0 Å². The van der Waals surface area contributed by atoms with Crippen LogP contribution in [0.15, 0.2) is 47.7 Å². The second-order valence-corrected chi connectivity index (χ2v) is 3.19. The van der Waals surface area contributed by atoms with E-state index < -0.39 is 0 Å². The zero-order valence-electron chi connectivity index (χ0n) is 8.27. The minimum Gasteiger partial charge on any atom is -1.00 e. The molecule has 0 atom stereocenters. The molecule has 0 aliphatic rings. The van der Waals surface area contributed by atoms with E-state index in [1.807, 2.05) is 42.2 Å². The highest BCUT2D eigenvalue weighted by atomic mass is 127. The van der Waals surface area contributed by atoms with E-state index in [1.54, 1.807) is 12.3 Å². The third-order valence-corrected chi connectivity index (χ3v) is 2.09. The van der Waals surface area contributed by atoms with Crippen molar-refractivity contribution in [3.63, 3.8) is 0 Å². The van der Waals surface area contributed by atoms with Crippen molar-refractivity contribution in [2.75, 3.05) is 0 Å². The quantitative estimate of drug-likeness (QED) is 0.474. The molecule has 0 fully saturated rings. The van der Waals surface area contributed by atoms with Gasteiger partial charge in [0.2, 0.25) is 5.56 Å². The Balaban J connectivity index is 0.00000112. The molecule has 0 aromatic carbocycles. The van der Waals surface area contributed by atoms with Gasteiger partial charge in [0.1, 0.15) is 7.05 Å². The van der Waals surface area contributed by atoms with Gasteiger partial charge in [0, 0.05) is 24.4 Å². The van der Waals surface area contributed by atoms with Crippen LogP contribution in [-0.2, 0) is 7.05 Å².